The molecule has 2 fully saturated rings. The summed E-state index contributed by atoms with van der Waals surface area (Å²) in [4.78, 5) is 11.9. The number of nitrogens with zero attached hydrogens (tertiary/aromatic N) is 3. The van der Waals surface area contributed by atoms with Crippen molar-refractivity contribution < 1.29 is 9.47 Å². The molecule has 0 amide bonds. The van der Waals surface area contributed by atoms with E-state index in [0.29, 0.717) is 12.2 Å². The van der Waals surface area contributed by atoms with E-state index in [2.05, 4.69) is 34.4 Å². The Morgan fingerprint density at radius 1 is 1.32 bits per heavy atom. The quantitative estimate of drug-likeness (QED) is 0.528. The van der Waals surface area contributed by atoms with E-state index in [-0.39, 0.29) is 0 Å². The summed E-state index contributed by atoms with van der Waals surface area (Å²) < 4.78 is 11.9. The maximum atomic E-state index is 6.14. The molecular formula is C21H36N4O2S. The van der Waals surface area contributed by atoms with E-state index >= 15 is 0 Å². The molecule has 1 aromatic rings. The fraction of sp³-hybridized carbons (Fsp3) is 0.810. The van der Waals surface area contributed by atoms with Crippen LogP contribution in [0, 0.1) is 0 Å². The Kier molecular flexibility index (Phi) is 9.02. The van der Waals surface area contributed by atoms with Crippen LogP contribution in [-0.4, -0.2) is 67.4 Å². The van der Waals surface area contributed by atoms with E-state index in [9.17, 15) is 0 Å². The average molecular weight is 409 g/mol. The second-order valence-electron chi connectivity index (χ2n) is 7.58. The van der Waals surface area contributed by atoms with Gasteiger partial charge in [0.25, 0.3) is 0 Å². The summed E-state index contributed by atoms with van der Waals surface area (Å²) in [5.41, 5.74) is 1.17. The number of piperidine rings is 1. The zero-order chi connectivity index (χ0) is 19.6. The molecule has 0 aromatic carbocycles. The molecule has 1 N–H and O–H groups in total. The maximum Gasteiger partial charge on any atom is 0.193 e. The molecule has 0 spiro atoms. The van der Waals surface area contributed by atoms with Gasteiger partial charge >= 0.3 is 0 Å². The number of aromatic nitrogens is 1. The van der Waals surface area contributed by atoms with Gasteiger partial charge in [0.2, 0.25) is 0 Å². The highest BCUT2D eigenvalue weighted by molar-refractivity contribution is 7.09. The highest BCUT2D eigenvalue weighted by atomic mass is 32.1. The molecule has 6 nitrogen and oxygen atoms in total. The number of aliphatic imine (C=N–C) groups is 1. The van der Waals surface area contributed by atoms with Gasteiger partial charge in [-0.25, -0.2) is 4.98 Å². The number of hydrogen-bond acceptors (Lipinski definition) is 5. The number of nitrogens with one attached hydrogen (secondary N) is 1. The zero-order valence-electron chi connectivity index (χ0n) is 17.5. The predicted octanol–water partition coefficient (Wildman–Crippen LogP) is 3.26. The second-order valence-corrected chi connectivity index (χ2v) is 8.52. The van der Waals surface area contributed by atoms with Crippen molar-refractivity contribution in [1.29, 1.82) is 0 Å². The number of thiazole rings is 1. The topological polar surface area (TPSA) is 59.0 Å². The summed E-state index contributed by atoms with van der Waals surface area (Å²) in [6.07, 6.45) is 8.32. The van der Waals surface area contributed by atoms with Crippen molar-refractivity contribution in [3.8, 4) is 0 Å². The van der Waals surface area contributed by atoms with E-state index in [4.69, 9.17) is 14.5 Å². The third-order valence-corrected chi connectivity index (χ3v) is 6.44. The molecule has 1 aromatic heterocycles. The molecule has 3 heterocycles. The first kappa shape index (κ1) is 21.5. The molecule has 0 aliphatic carbocycles. The van der Waals surface area contributed by atoms with Crippen molar-refractivity contribution in [1.82, 2.24) is 15.2 Å². The van der Waals surface area contributed by atoms with E-state index < -0.39 is 0 Å². The second kappa shape index (κ2) is 11.7. The van der Waals surface area contributed by atoms with Gasteiger partial charge in [0, 0.05) is 44.6 Å². The van der Waals surface area contributed by atoms with Gasteiger partial charge in [0.1, 0.15) is 0 Å². The molecule has 0 radical (unpaired) electrons. The van der Waals surface area contributed by atoms with Crippen molar-refractivity contribution in [2.45, 2.75) is 71.0 Å². The Morgan fingerprint density at radius 3 is 2.86 bits per heavy atom. The summed E-state index contributed by atoms with van der Waals surface area (Å²) in [5, 5.41) is 6.83. The van der Waals surface area contributed by atoms with Crippen LogP contribution in [0.1, 0.15) is 56.7 Å². The largest absolute Gasteiger partial charge is 0.376 e. The molecule has 2 aliphatic heterocycles. The van der Waals surface area contributed by atoms with E-state index in [1.54, 1.807) is 11.3 Å². The number of guanidine groups is 1. The summed E-state index contributed by atoms with van der Waals surface area (Å²) in [6, 6.07) is 0. The van der Waals surface area contributed by atoms with Gasteiger partial charge in [0.05, 0.1) is 29.5 Å². The number of aryl methyl sites for hydroxylation is 1. The first-order chi connectivity index (χ1) is 13.8. The van der Waals surface area contributed by atoms with Gasteiger partial charge in [0.15, 0.2) is 5.96 Å². The monoisotopic (exact) mass is 408 g/mol. The number of likely N-dealkylation sites (tertiary alicyclic amines) is 1. The molecule has 7 heteroatoms. The van der Waals surface area contributed by atoms with Crippen LogP contribution >= 0.6 is 11.3 Å². The van der Waals surface area contributed by atoms with Gasteiger partial charge in [-0.3, -0.25) is 4.99 Å². The van der Waals surface area contributed by atoms with Gasteiger partial charge in [-0.2, -0.15) is 0 Å². The SMILES string of the molecule is CCNC(=NCCc1csc(CC)n1)N1CCC(OCC2CCCCO2)CC1. The number of ether oxygens (including phenoxy) is 2. The molecule has 1 unspecified atom stereocenters. The van der Waals surface area contributed by atoms with Crippen molar-refractivity contribution >= 4 is 17.3 Å². The van der Waals surface area contributed by atoms with Crippen LogP contribution in [0.2, 0.25) is 0 Å². The van der Waals surface area contributed by atoms with E-state index in [0.717, 1.165) is 77.5 Å². The lowest BCUT2D eigenvalue weighted by atomic mass is 10.1. The molecular weight excluding hydrogens is 372 g/mol. The first-order valence-corrected chi connectivity index (χ1v) is 11.9. The van der Waals surface area contributed by atoms with Crippen LogP contribution in [0.5, 0.6) is 0 Å². The van der Waals surface area contributed by atoms with E-state index in [1.807, 2.05) is 0 Å². The van der Waals surface area contributed by atoms with Crippen molar-refractivity contribution in [2.75, 3.05) is 39.4 Å². The van der Waals surface area contributed by atoms with Crippen LogP contribution in [0.4, 0.5) is 0 Å². The average Bonchev–Trinajstić information content (AvgIpc) is 3.21. The van der Waals surface area contributed by atoms with Crippen molar-refractivity contribution in [3.05, 3.63) is 16.1 Å². The lowest BCUT2D eigenvalue weighted by molar-refractivity contribution is -0.0721. The first-order valence-electron chi connectivity index (χ1n) is 11.0. The smallest absolute Gasteiger partial charge is 0.193 e. The van der Waals surface area contributed by atoms with Crippen LogP contribution in [-0.2, 0) is 22.3 Å². The number of hydrogen-bond donors (Lipinski definition) is 1. The fourth-order valence-electron chi connectivity index (χ4n) is 3.74. The Balaban J connectivity index is 1.41. The van der Waals surface area contributed by atoms with Gasteiger partial charge in [-0.1, -0.05) is 6.92 Å². The van der Waals surface area contributed by atoms with Crippen molar-refractivity contribution in [3.63, 3.8) is 0 Å². The molecule has 0 saturated carbocycles. The summed E-state index contributed by atoms with van der Waals surface area (Å²) in [6.45, 7) is 9.61. The predicted molar refractivity (Wildman–Crippen MR) is 115 cm³/mol. The van der Waals surface area contributed by atoms with Crippen molar-refractivity contribution in [2.24, 2.45) is 4.99 Å². The minimum atomic E-state index is 0.310. The minimum absolute atomic E-state index is 0.310. The third-order valence-electron chi connectivity index (χ3n) is 5.40. The van der Waals surface area contributed by atoms with Gasteiger partial charge < -0.3 is 19.7 Å². The highest BCUT2D eigenvalue weighted by Crippen LogP contribution is 2.18. The highest BCUT2D eigenvalue weighted by Gasteiger charge is 2.23. The normalized spacial score (nSPS) is 21.9. The molecule has 1 atom stereocenters. The zero-order valence-corrected chi connectivity index (χ0v) is 18.3. The number of rotatable bonds is 8. The third kappa shape index (κ3) is 6.71. The molecule has 2 aliphatic rings. The maximum absolute atomic E-state index is 6.14. The van der Waals surface area contributed by atoms with Gasteiger partial charge in [-0.15, -0.1) is 11.3 Å². The Bertz CT molecular complexity index is 593. The molecule has 0 bridgehead atoms. The Hall–Kier alpha value is -1.18. The molecule has 28 heavy (non-hydrogen) atoms. The molecule has 3 rings (SSSR count). The fourth-order valence-corrected chi connectivity index (χ4v) is 4.52. The summed E-state index contributed by atoms with van der Waals surface area (Å²) >= 11 is 1.75. The lowest BCUT2D eigenvalue weighted by Gasteiger charge is -2.35. The van der Waals surface area contributed by atoms with E-state index in [1.165, 1.54) is 23.5 Å². The standard InChI is InChI=1S/C21H36N4O2S/c1-3-20-24-17(16-28-20)8-11-23-21(22-4-2)25-12-9-18(10-13-25)27-15-19-7-5-6-14-26-19/h16,18-19H,3-15H2,1-2H3,(H,22,23). The van der Waals surface area contributed by atoms with Gasteiger partial charge in [-0.05, 0) is 45.4 Å². The van der Waals surface area contributed by atoms with Crippen LogP contribution in [0.25, 0.3) is 0 Å². The van der Waals surface area contributed by atoms with Crippen LogP contribution in [0.3, 0.4) is 0 Å². The lowest BCUT2D eigenvalue weighted by Crippen LogP contribution is -2.47. The Labute approximate surface area is 173 Å². The molecule has 158 valence electrons. The Morgan fingerprint density at radius 2 is 2.18 bits per heavy atom. The minimum Gasteiger partial charge on any atom is -0.376 e. The van der Waals surface area contributed by atoms with Crippen LogP contribution in [0.15, 0.2) is 10.4 Å². The van der Waals surface area contributed by atoms with Crippen LogP contribution < -0.4 is 5.32 Å². The molecule has 2 saturated heterocycles. The summed E-state index contributed by atoms with van der Waals surface area (Å²) in [7, 11) is 0. The summed E-state index contributed by atoms with van der Waals surface area (Å²) in [5.74, 6) is 1.03.